The van der Waals surface area contributed by atoms with Crippen LogP contribution in [0.1, 0.15) is 0 Å². The van der Waals surface area contributed by atoms with Gasteiger partial charge < -0.3 is 8.98 Å². The maximum atomic E-state index is 6.93. The molecule has 4 heterocycles. The van der Waals surface area contributed by atoms with Crippen LogP contribution in [0.2, 0.25) is 0 Å². The molecule has 282 valence electrons. The van der Waals surface area contributed by atoms with E-state index in [4.69, 9.17) is 82.1 Å². The Kier molecular flexibility index (Phi) is 8.83. The number of furan rings is 1. The lowest BCUT2D eigenvalue weighted by Crippen LogP contribution is -2.49. The molecule has 14 heteroatoms. The number of fused-ring (bicyclic) bond motifs is 9. The summed E-state index contributed by atoms with van der Waals surface area (Å²) in [5.41, 5.74) is 8.82. The van der Waals surface area contributed by atoms with Crippen molar-refractivity contribution in [3.63, 3.8) is 0 Å². The minimum atomic E-state index is 0.0613. The third kappa shape index (κ3) is 5.69. The number of para-hydroxylation sites is 4. The van der Waals surface area contributed by atoms with Gasteiger partial charge in [0.25, 0.3) is 0 Å². The lowest BCUT2D eigenvalue weighted by molar-refractivity contribution is 0.669. The first-order valence-corrected chi connectivity index (χ1v) is 20.8. The molecule has 8 aromatic carbocycles. The van der Waals surface area contributed by atoms with Crippen LogP contribution in [-0.2, 0) is 0 Å². The van der Waals surface area contributed by atoms with Crippen LogP contribution in [-0.4, -0.2) is 86.9 Å². The van der Waals surface area contributed by atoms with Gasteiger partial charge in [-0.3, -0.25) is 4.57 Å². The van der Waals surface area contributed by atoms with Gasteiger partial charge in [-0.15, -0.1) is 21.9 Å². The van der Waals surface area contributed by atoms with E-state index in [9.17, 15) is 0 Å². The van der Waals surface area contributed by atoms with E-state index in [0.29, 0.717) is 50.2 Å². The van der Waals surface area contributed by atoms with Crippen molar-refractivity contribution in [3.05, 3.63) is 140 Å². The van der Waals surface area contributed by atoms with Crippen molar-refractivity contribution in [2.75, 3.05) is 0 Å². The number of benzene rings is 8. The molecule has 12 rings (SSSR count). The Hall–Kier alpha value is -7.31. The second kappa shape index (κ2) is 14.6. The van der Waals surface area contributed by atoms with Crippen molar-refractivity contribution in [1.29, 1.82) is 0 Å². The molecular weight excluding hydrogens is 785 g/mol. The summed E-state index contributed by atoms with van der Waals surface area (Å²) in [6.07, 6.45) is 0. The van der Waals surface area contributed by atoms with Gasteiger partial charge in [0, 0.05) is 43.7 Å². The number of aromatic nitrogens is 5. The zero-order valence-corrected chi connectivity index (χ0v) is 34.5. The summed E-state index contributed by atoms with van der Waals surface area (Å²) in [6, 6.07) is 46.7. The molecule has 0 bridgehead atoms. The molecule has 6 nitrogen and oxygen atoms in total. The molecule has 0 N–H and O–H groups in total. The third-order valence-electron chi connectivity index (χ3n) is 12.6. The topological polar surface area (TPSA) is 61.7 Å². The summed E-state index contributed by atoms with van der Waals surface area (Å²) in [6.45, 7) is 0. The van der Waals surface area contributed by atoms with E-state index in [2.05, 4.69) is 59.2 Å². The fraction of sp³-hybridized carbons (Fsp3) is 0. The van der Waals surface area contributed by atoms with E-state index in [1.165, 1.54) is 0 Å². The van der Waals surface area contributed by atoms with Gasteiger partial charge in [-0.1, -0.05) is 119 Å². The minimum absolute atomic E-state index is 0.0613. The van der Waals surface area contributed by atoms with Gasteiger partial charge in [0.2, 0.25) is 5.95 Å². The molecule has 12 aromatic rings. The molecule has 0 unspecified atom stereocenters. The summed E-state index contributed by atoms with van der Waals surface area (Å²) in [4.78, 5) is 15.9. The summed E-state index contributed by atoms with van der Waals surface area (Å²) >= 11 is 0. The number of nitrogens with zero attached hydrogens (tertiary/aromatic N) is 5. The third-order valence-corrected chi connectivity index (χ3v) is 12.6. The highest BCUT2D eigenvalue weighted by molar-refractivity contribution is 6.71. The largest absolute Gasteiger partial charge is 0.456 e. The molecule has 0 aliphatic heterocycles. The number of hydrogen-bond donors (Lipinski definition) is 0. The molecule has 0 saturated heterocycles. The first-order chi connectivity index (χ1) is 31.6. The average Bonchev–Trinajstić information content (AvgIpc) is 4.02. The van der Waals surface area contributed by atoms with Crippen molar-refractivity contribution in [1.82, 2.24) is 24.1 Å². The smallest absolute Gasteiger partial charge is 0.238 e. The molecule has 4 aromatic heterocycles. The van der Waals surface area contributed by atoms with Crippen LogP contribution in [0.4, 0.5) is 0 Å². The first-order valence-electron chi connectivity index (χ1n) is 20.8. The summed E-state index contributed by atoms with van der Waals surface area (Å²) in [5, 5.41) is 4.86. The molecule has 0 aliphatic carbocycles. The highest BCUT2D eigenvalue weighted by atomic mass is 16.3. The van der Waals surface area contributed by atoms with Crippen LogP contribution in [0.5, 0.6) is 0 Å². The van der Waals surface area contributed by atoms with Crippen LogP contribution in [0.15, 0.2) is 144 Å². The fourth-order valence-electron chi connectivity index (χ4n) is 9.49. The molecule has 16 radical (unpaired) electrons. The lowest BCUT2D eigenvalue weighted by atomic mass is 9.63. The average molecular weight is 808 g/mol. The molecule has 0 fully saturated rings. The SMILES string of the molecule is [B]c1c([B])c([B])c2c(c1[B])c1c([B])c([B])c([B])c([B])c1n2-c1nc(-c2cc(-c3ccccc3)c3c(c2)oc2ccccc23)nc(-c2ccccc2-n2c3ccccc3c3ccccc32)n1. The fourth-order valence-corrected chi connectivity index (χ4v) is 9.49. The minimum Gasteiger partial charge on any atom is -0.456 e. The summed E-state index contributed by atoms with van der Waals surface area (Å²) < 4.78 is 10.5. The second-order valence-electron chi connectivity index (χ2n) is 16.1. The Balaban J connectivity index is 1.24. The first kappa shape index (κ1) is 39.3. The Bertz CT molecular complexity index is 3880. The van der Waals surface area contributed by atoms with E-state index in [1.807, 2.05) is 84.9 Å². The Morgan fingerprint density at radius 1 is 0.369 bits per heavy atom. The molecule has 0 atom stereocenters. The highest BCUT2D eigenvalue weighted by Crippen LogP contribution is 2.41. The normalized spacial score (nSPS) is 11.9. The van der Waals surface area contributed by atoms with E-state index in [-0.39, 0.29) is 49.7 Å². The van der Waals surface area contributed by atoms with Crippen molar-refractivity contribution in [3.8, 4) is 45.5 Å². The maximum Gasteiger partial charge on any atom is 0.238 e. The van der Waals surface area contributed by atoms with E-state index < -0.39 is 0 Å². The molecule has 0 saturated carbocycles. The van der Waals surface area contributed by atoms with Crippen LogP contribution >= 0.6 is 0 Å². The summed E-state index contributed by atoms with van der Waals surface area (Å²) in [7, 11) is 53.7. The predicted molar refractivity (Wildman–Crippen MR) is 275 cm³/mol. The highest BCUT2D eigenvalue weighted by Gasteiger charge is 2.27. The Labute approximate surface area is 383 Å². The van der Waals surface area contributed by atoms with E-state index in [0.717, 1.165) is 55.0 Å². The molecular formula is C51H23B8N5O. The molecule has 65 heavy (non-hydrogen) atoms. The number of hydrogen-bond acceptors (Lipinski definition) is 4. The van der Waals surface area contributed by atoms with Gasteiger partial charge in [0.05, 0.1) is 16.7 Å². The maximum absolute atomic E-state index is 6.93. The Morgan fingerprint density at radius 3 is 1.54 bits per heavy atom. The predicted octanol–water partition coefficient (Wildman–Crippen LogP) is 3.32. The summed E-state index contributed by atoms with van der Waals surface area (Å²) in [5.74, 6) is 0.744. The van der Waals surface area contributed by atoms with Gasteiger partial charge in [-0.25, -0.2) is 4.98 Å². The van der Waals surface area contributed by atoms with E-state index >= 15 is 0 Å². The second-order valence-corrected chi connectivity index (χ2v) is 16.1. The van der Waals surface area contributed by atoms with Gasteiger partial charge >= 0.3 is 0 Å². The molecule has 0 aliphatic rings. The number of rotatable bonds is 5. The van der Waals surface area contributed by atoms with Gasteiger partial charge in [0.1, 0.15) is 73.9 Å². The lowest BCUT2D eigenvalue weighted by Gasteiger charge is -2.18. The van der Waals surface area contributed by atoms with Crippen LogP contribution < -0.4 is 43.7 Å². The molecule has 0 amide bonds. The zero-order valence-electron chi connectivity index (χ0n) is 34.5. The van der Waals surface area contributed by atoms with Crippen LogP contribution in [0.3, 0.4) is 0 Å². The zero-order chi connectivity index (χ0) is 44.4. The quantitative estimate of drug-likeness (QED) is 0.251. The Morgan fingerprint density at radius 2 is 0.892 bits per heavy atom. The monoisotopic (exact) mass is 809 g/mol. The van der Waals surface area contributed by atoms with Gasteiger partial charge in [0.15, 0.2) is 11.6 Å². The molecule has 0 spiro atoms. The standard InChI is InChI=1S/C51H23B8N5O/c52-39-37-38-40(53)42(55)44(57)46(59)48(38)64(47(37)45(58)43(56)41(39)54)51-61-49(25-22-30(24-12-2-1-3-13-24)36-29-17-7-11-21-34(29)65-35(36)23-25)60-50(62-51)28-16-6-10-20-33(28)63-31-18-8-4-14-26(31)27-15-5-9-19-32(27)63/h1-23H. The van der Waals surface area contributed by atoms with Crippen molar-refractivity contribution < 1.29 is 4.42 Å². The van der Waals surface area contributed by atoms with E-state index in [1.54, 1.807) is 4.57 Å². The van der Waals surface area contributed by atoms with Crippen LogP contribution in [0, 0.1) is 0 Å². The van der Waals surface area contributed by atoms with Crippen molar-refractivity contribution >= 4 is 172 Å². The van der Waals surface area contributed by atoms with Gasteiger partial charge in [-0.2, -0.15) is 9.97 Å². The van der Waals surface area contributed by atoms with Gasteiger partial charge in [-0.05, 0) is 64.4 Å². The van der Waals surface area contributed by atoms with Crippen molar-refractivity contribution in [2.24, 2.45) is 0 Å². The van der Waals surface area contributed by atoms with Crippen molar-refractivity contribution in [2.45, 2.75) is 0 Å². The van der Waals surface area contributed by atoms with Crippen LogP contribution in [0.25, 0.3) is 111 Å².